The number of halogens is 1. The first-order chi connectivity index (χ1) is 9.25. The normalized spacial score (nSPS) is 9.53. The second kappa shape index (κ2) is 7.16. The minimum atomic E-state index is 0.00651. The topological polar surface area (TPSA) is 17.1 Å². The molecule has 19 heavy (non-hydrogen) atoms. The van der Waals surface area contributed by atoms with Crippen LogP contribution in [0.15, 0.2) is 54.6 Å². The summed E-state index contributed by atoms with van der Waals surface area (Å²) in [6.45, 7) is 0. The molecular weight excluding hydrogens is 323 g/mol. The minimum absolute atomic E-state index is 0.00651. The maximum absolute atomic E-state index is 11.9. The third-order valence-electron chi connectivity index (χ3n) is 2.41. The molecule has 0 aliphatic heterocycles. The molecule has 0 aliphatic carbocycles. The number of carbonyl (C=O) groups excluding carboxylic acids is 1. The summed E-state index contributed by atoms with van der Waals surface area (Å²) in [6.07, 6.45) is 0. The Balaban J connectivity index is 1.88. The van der Waals surface area contributed by atoms with E-state index < -0.39 is 0 Å². The van der Waals surface area contributed by atoms with Crippen molar-refractivity contribution >= 4 is 32.3 Å². The molecule has 0 atom stereocenters. The Bertz CT molecular complexity index is 609. The van der Waals surface area contributed by atoms with Gasteiger partial charge >= 0.3 is 124 Å². The molecule has 0 bridgehead atoms. The van der Waals surface area contributed by atoms with Crippen LogP contribution in [-0.2, 0) is 0 Å². The van der Waals surface area contributed by atoms with Gasteiger partial charge in [0, 0.05) is 0 Å². The second-order valence-corrected chi connectivity index (χ2v) is 5.89. The second-order valence-electron chi connectivity index (χ2n) is 3.81. The van der Waals surface area contributed by atoms with Crippen molar-refractivity contribution in [1.29, 1.82) is 0 Å². The molecule has 0 saturated heterocycles. The molecule has 2 aromatic carbocycles. The van der Waals surface area contributed by atoms with Crippen LogP contribution in [0, 0.1) is 10.7 Å². The maximum atomic E-state index is 11.9. The summed E-state index contributed by atoms with van der Waals surface area (Å²) in [6, 6.07) is 16.8. The third kappa shape index (κ3) is 4.58. The van der Waals surface area contributed by atoms with Gasteiger partial charge in [-0.25, -0.2) is 0 Å². The van der Waals surface area contributed by atoms with E-state index in [0.717, 1.165) is 5.56 Å². The van der Waals surface area contributed by atoms with Gasteiger partial charge in [0.1, 0.15) is 0 Å². The number of ketones is 1. The van der Waals surface area contributed by atoms with Gasteiger partial charge in [0.15, 0.2) is 0 Å². The first kappa shape index (κ1) is 13.9. The Kier molecular flexibility index (Phi) is 5.24. The van der Waals surface area contributed by atoms with Crippen LogP contribution in [0.4, 0.5) is 0 Å². The van der Waals surface area contributed by atoms with Gasteiger partial charge in [0.05, 0.1) is 0 Å². The summed E-state index contributed by atoms with van der Waals surface area (Å²) in [5, 5.41) is 1.14. The zero-order chi connectivity index (χ0) is 13.5. The first-order valence-corrected chi connectivity index (χ1v) is 8.17. The van der Waals surface area contributed by atoms with Crippen LogP contribution in [-0.4, -0.2) is 20.7 Å². The molecule has 0 saturated carbocycles. The first-order valence-electron chi connectivity index (χ1n) is 5.72. The fourth-order valence-electron chi connectivity index (χ4n) is 1.44. The molecule has 0 aromatic heterocycles. The monoisotopic (exact) mass is 334 g/mol. The number of Topliss-reactive ketones (excluding diaryl/α,β-unsaturated/α-hetero) is 1. The number of hydrogen-bond acceptors (Lipinski definition) is 1. The van der Waals surface area contributed by atoms with Crippen molar-refractivity contribution in [2.24, 2.45) is 0 Å². The van der Waals surface area contributed by atoms with Crippen LogP contribution >= 0.6 is 11.6 Å². The summed E-state index contributed by atoms with van der Waals surface area (Å²) in [7, 11) is 0. The fraction of sp³-hybridized carbons (Fsp3) is 0.0625. The van der Waals surface area contributed by atoms with E-state index in [2.05, 4.69) is 10.7 Å². The molecule has 2 aromatic rings. The Hall–Kier alpha value is -1.52. The van der Waals surface area contributed by atoms with E-state index in [1.54, 1.807) is 24.3 Å². The van der Waals surface area contributed by atoms with Crippen molar-refractivity contribution in [3.05, 3.63) is 70.7 Å². The number of carbonyl (C=O) groups is 1. The Morgan fingerprint density at radius 3 is 2.42 bits per heavy atom. The third-order valence-corrected chi connectivity index (χ3v) is 4.03. The Morgan fingerprint density at radius 2 is 1.74 bits per heavy atom. The van der Waals surface area contributed by atoms with Crippen molar-refractivity contribution in [2.45, 2.75) is 5.32 Å². The summed E-state index contributed by atoms with van der Waals surface area (Å²) >= 11 is 5.79. The molecular formula is C16H11ClOSe. The van der Waals surface area contributed by atoms with E-state index in [1.165, 1.54) is 0 Å². The molecule has 94 valence electrons. The van der Waals surface area contributed by atoms with E-state index in [1.807, 2.05) is 30.3 Å². The summed E-state index contributed by atoms with van der Waals surface area (Å²) in [5.41, 5.74) is 1.69. The molecule has 1 nitrogen and oxygen atoms in total. The average molecular weight is 334 g/mol. The van der Waals surface area contributed by atoms with Gasteiger partial charge in [-0.3, -0.25) is 0 Å². The Morgan fingerprint density at radius 1 is 1.05 bits per heavy atom. The van der Waals surface area contributed by atoms with Gasteiger partial charge in [0.2, 0.25) is 0 Å². The van der Waals surface area contributed by atoms with Crippen LogP contribution in [0.5, 0.6) is 0 Å². The SMILES string of the molecule is O=C(C[Se]C#Cc1ccccc1)c1ccc(Cl)cc1. The average Bonchev–Trinajstić information content (AvgIpc) is 2.45. The standard InChI is InChI=1S/C16H11ClOSe/c17-15-8-6-14(7-9-15)16(18)12-19-11-10-13-4-2-1-3-5-13/h1-9H,12H2. The fourth-order valence-corrected chi connectivity index (χ4v) is 2.74. The van der Waals surface area contributed by atoms with E-state index in [4.69, 9.17) is 11.6 Å². The van der Waals surface area contributed by atoms with E-state index in [-0.39, 0.29) is 20.7 Å². The number of benzene rings is 2. The number of hydrogen-bond donors (Lipinski definition) is 0. The summed E-state index contributed by atoms with van der Waals surface area (Å²) in [4.78, 5) is 15.0. The molecule has 0 N–H and O–H groups in total. The molecule has 0 unspecified atom stereocenters. The predicted molar refractivity (Wildman–Crippen MR) is 79.7 cm³/mol. The van der Waals surface area contributed by atoms with Crippen LogP contribution in [0.25, 0.3) is 0 Å². The van der Waals surface area contributed by atoms with Gasteiger partial charge in [-0.15, -0.1) is 0 Å². The van der Waals surface area contributed by atoms with Crippen LogP contribution in [0.2, 0.25) is 10.3 Å². The Labute approximate surface area is 124 Å². The van der Waals surface area contributed by atoms with Gasteiger partial charge in [0.25, 0.3) is 0 Å². The zero-order valence-electron chi connectivity index (χ0n) is 10.1. The van der Waals surface area contributed by atoms with E-state index in [0.29, 0.717) is 15.9 Å². The van der Waals surface area contributed by atoms with Gasteiger partial charge in [-0.1, -0.05) is 0 Å². The summed E-state index contributed by atoms with van der Waals surface area (Å²) in [5.74, 6) is 3.19. The van der Waals surface area contributed by atoms with Crippen LogP contribution in [0.3, 0.4) is 0 Å². The van der Waals surface area contributed by atoms with Crippen molar-refractivity contribution in [3.63, 3.8) is 0 Å². The molecule has 2 rings (SSSR count). The van der Waals surface area contributed by atoms with Crippen molar-refractivity contribution in [3.8, 4) is 10.7 Å². The number of rotatable bonds is 3. The van der Waals surface area contributed by atoms with Crippen LogP contribution in [0.1, 0.15) is 15.9 Å². The molecule has 0 fully saturated rings. The predicted octanol–water partition coefficient (Wildman–Crippen LogP) is 3.65. The van der Waals surface area contributed by atoms with Crippen molar-refractivity contribution in [1.82, 2.24) is 0 Å². The molecule has 3 heteroatoms. The van der Waals surface area contributed by atoms with Crippen molar-refractivity contribution < 1.29 is 4.79 Å². The van der Waals surface area contributed by atoms with Gasteiger partial charge < -0.3 is 0 Å². The quantitative estimate of drug-likeness (QED) is 0.476. The van der Waals surface area contributed by atoms with E-state index >= 15 is 0 Å². The summed E-state index contributed by atoms with van der Waals surface area (Å²) < 4.78 is 0. The van der Waals surface area contributed by atoms with Gasteiger partial charge in [-0.2, -0.15) is 0 Å². The molecule has 0 amide bonds. The zero-order valence-corrected chi connectivity index (χ0v) is 12.6. The molecule has 0 radical (unpaired) electrons. The van der Waals surface area contributed by atoms with Crippen molar-refractivity contribution in [2.75, 3.05) is 0 Å². The van der Waals surface area contributed by atoms with Crippen LogP contribution < -0.4 is 0 Å². The van der Waals surface area contributed by atoms with Gasteiger partial charge in [-0.05, 0) is 0 Å². The molecule has 0 aliphatic rings. The molecule has 0 heterocycles. The van der Waals surface area contributed by atoms with E-state index in [9.17, 15) is 4.79 Å². The molecule has 0 spiro atoms.